The fraction of sp³-hybridized carbons (Fsp3) is 0.778. The van der Waals surface area contributed by atoms with Crippen LogP contribution < -0.4 is 32.3 Å². The van der Waals surface area contributed by atoms with Gasteiger partial charge in [0.25, 0.3) is 0 Å². The number of carbonyl (C=O) groups is 6. The molecule has 4 heterocycles. The number of rotatable bonds is 6. The lowest BCUT2D eigenvalue weighted by Crippen LogP contribution is -2.56. The van der Waals surface area contributed by atoms with Gasteiger partial charge in [0, 0.05) is 6.54 Å². The summed E-state index contributed by atoms with van der Waals surface area (Å²) in [5.41, 5.74) is 4.55. The van der Waals surface area contributed by atoms with Crippen LogP contribution in [0.1, 0.15) is 47.0 Å². The van der Waals surface area contributed by atoms with Crippen molar-refractivity contribution < 1.29 is 33.2 Å². The van der Waals surface area contributed by atoms with Crippen molar-refractivity contribution in [2.45, 2.75) is 107 Å². The Morgan fingerprint density at radius 3 is 2.36 bits per heavy atom. The number of hydrogen-bond donors (Lipinski definition) is 6. The first kappa shape index (κ1) is 34.2. The van der Waals surface area contributed by atoms with Crippen molar-refractivity contribution in [1.82, 2.24) is 36.4 Å². The fourth-order valence-corrected chi connectivity index (χ4v) is 7.15. The van der Waals surface area contributed by atoms with E-state index in [2.05, 4.69) is 69.7 Å². The van der Waals surface area contributed by atoms with Crippen LogP contribution >= 0.6 is 9.24 Å². The highest BCUT2D eigenvalue weighted by Crippen LogP contribution is 2.55. The molecular weight excluding hydrogens is 607 g/mol. The summed E-state index contributed by atoms with van der Waals surface area (Å²) in [4.78, 5) is 81.4. The molecule has 15 nitrogen and oxygen atoms in total. The molecule has 6 amide bonds. The van der Waals surface area contributed by atoms with Crippen LogP contribution in [0, 0.1) is 0 Å². The van der Waals surface area contributed by atoms with E-state index in [1.165, 1.54) is 6.92 Å². The van der Waals surface area contributed by atoms with Gasteiger partial charge in [-0.15, -0.1) is 9.24 Å². The maximum absolute atomic E-state index is 13.9. The second kappa shape index (κ2) is 12.6. The Kier molecular flexibility index (Phi) is 9.82. The molecule has 1 spiro atoms. The summed E-state index contributed by atoms with van der Waals surface area (Å²) < 4.78 is 6.52. The van der Waals surface area contributed by atoms with Gasteiger partial charge in [-0.2, -0.15) is 0 Å². The minimum absolute atomic E-state index is 0.0519. The highest BCUT2D eigenvalue weighted by Gasteiger charge is 2.81. The molecule has 0 aromatic carbocycles. The van der Waals surface area contributed by atoms with Crippen molar-refractivity contribution in [3.63, 3.8) is 0 Å². The van der Waals surface area contributed by atoms with Crippen molar-refractivity contribution in [2.75, 3.05) is 25.9 Å². The number of nitrogens with one attached hydrogen (secondary N) is 5. The molecule has 0 radical (unpaired) electrons. The van der Waals surface area contributed by atoms with E-state index in [9.17, 15) is 28.8 Å². The van der Waals surface area contributed by atoms with Gasteiger partial charge in [-0.3, -0.25) is 39.0 Å². The van der Waals surface area contributed by atoms with Crippen LogP contribution in [0.2, 0.25) is 18.1 Å². The van der Waals surface area contributed by atoms with Crippen LogP contribution in [-0.2, 0) is 33.2 Å². The van der Waals surface area contributed by atoms with E-state index in [0.717, 1.165) is 6.42 Å². The summed E-state index contributed by atoms with van der Waals surface area (Å²) in [6, 6.07) is -4.15. The highest BCUT2D eigenvalue weighted by atomic mass is 31.0. The molecule has 17 heteroatoms. The van der Waals surface area contributed by atoms with Gasteiger partial charge in [0.1, 0.15) is 30.0 Å². The maximum Gasteiger partial charge on any atom is 0.246 e. The molecule has 4 saturated heterocycles. The predicted molar refractivity (Wildman–Crippen MR) is 166 cm³/mol. The average Bonchev–Trinajstić information content (AvgIpc) is 3.73. The summed E-state index contributed by atoms with van der Waals surface area (Å²) >= 11 is 0. The van der Waals surface area contributed by atoms with E-state index in [-0.39, 0.29) is 41.8 Å². The fourth-order valence-electron chi connectivity index (χ4n) is 5.81. The first-order valence-corrected chi connectivity index (χ1v) is 18.8. The second-order valence-corrected chi connectivity index (χ2v) is 18.9. The van der Waals surface area contributed by atoms with Crippen LogP contribution in [-0.4, -0.2) is 121 Å². The molecule has 4 rings (SSSR count). The number of fused-ring (bicyclic) bond motifs is 2. The summed E-state index contributed by atoms with van der Waals surface area (Å²) in [6.45, 7) is 12.6. The van der Waals surface area contributed by atoms with Crippen molar-refractivity contribution in [1.29, 1.82) is 0 Å². The zero-order chi connectivity index (χ0) is 32.8. The summed E-state index contributed by atoms with van der Waals surface area (Å²) in [6.07, 6.45) is 0.729. The Hall–Kier alpha value is -2.65. The molecule has 1 unspecified atom stereocenters. The highest BCUT2D eigenvalue weighted by molar-refractivity contribution is 7.16. The van der Waals surface area contributed by atoms with Crippen molar-refractivity contribution in [3.05, 3.63) is 0 Å². The summed E-state index contributed by atoms with van der Waals surface area (Å²) in [5.74, 6) is -3.58. The summed E-state index contributed by atoms with van der Waals surface area (Å²) in [5, 5.41) is 13.7. The van der Waals surface area contributed by atoms with E-state index >= 15 is 0 Å². The Morgan fingerprint density at radius 1 is 1.07 bits per heavy atom. The van der Waals surface area contributed by atoms with Crippen LogP contribution in [0.15, 0.2) is 0 Å². The lowest BCUT2D eigenvalue weighted by molar-refractivity contribution is -0.135. The Labute approximate surface area is 261 Å². The van der Waals surface area contributed by atoms with Crippen LogP contribution in [0.25, 0.3) is 0 Å². The topological polar surface area (TPSA) is 214 Å². The molecule has 44 heavy (non-hydrogen) atoms. The molecule has 7 N–H and O–H groups in total. The zero-order valence-electron chi connectivity index (χ0n) is 26.3. The van der Waals surface area contributed by atoms with E-state index < -0.39 is 74.7 Å². The molecule has 8 atom stereocenters. The Morgan fingerprint density at radius 2 is 1.75 bits per heavy atom. The van der Waals surface area contributed by atoms with Crippen molar-refractivity contribution >= 4 is 53.0 Å². The standard InChI is InChI=1S/C27H47N8O7PSi/c1-14-24(41)35-18(12-42-44(5,6)26(2,3)4)27(35)25(33-27)34-9-7-8-17(34)23(40)32-16(13-43)21(38)29-11-20(37)31-15(10-19(28)36)22(39)30-14/h14-18,25,33H,7-13,43H2,1-6H3,(H2,28,36)(H,29,38)(H,30,39)(H,31,37)(H,32,40)/t14-,15-,16-,17-,18+,25+,27-,35?/m0/s1. The van der Waals surface area contributed by atoms with Crippen LogP contribution in [0.4, 0.5) is 0 Å². The van der Waals surface area contributed by atoms with Gasteiger partial charge in [-0.1, -0.05) is 20.8 Å². The Balaban J connectivity index is 1.63. The van der Waals surface area contributed by atoms with Gasteiger partial charge >= 0.3 is 0 Å². The van der Waals surface area contributed by atoms with Crippen molar-refractivity contribution in [3.8, 4) is 0 Å². The van der Waals surface area contributed by atoms with Crippen molar-refractivity contribution in [2.24, 2.45) is 5.73 Å². The SMILES string of the molecule is C[C@@H]1NC(=O)[C@H](CC(N)=O)NC(=O)CNC(=O)[C@H](CP)NC(=O)[C@@H]2CCCN2[C@H]2N[C@]23[C@@H](CO[Si](C)(C)C(C)(C)C)N3C1=O. The van der Waals surface area contributed by atoms with Gasteiger partial charge < -0.3 is 36.3 Å². The molecule has 0 aromatic heterocycles. The number of amides is 6. The zero-order valence-corrected chi connectivity index (χ0v) is 28.5. The van der Waals surface area contributed by atoms with Crippen LogP contribution in [0.3, 0.4) is 0 Å². The second-order valence-electron chi connectivity index (χ2n) is 13.6. The number of primary amides is 1. The van der Waals surface area contributed by atoms with Gasteiger partial charge in [0.2, 0.25) is 35.4 Å². The molecule has 0 aromatic rings. The molecular formula is C27H47N8O7PSi. The molecule has 4 fully saturated rings. The third kappa shape index (κ3) is 6.78. The van der Waals surface area contributed by atoms with E-state index in [1.54, 1.807) is 4.90 Å². The quantitative estimate of drug-likeness (QED) is 0.103. The third-order valence-corrected chi connectivity index (χ3v) is 14.5. The first-order chi connectivity index (χ1) is 20.4. The third-order valence-electron chi connectivity index (χ3n) is 9.50. The molecule has 4 aliphatic rings. The van der Waals surface area contributed by atoms with Gasteiger partial charge in [0.15, 0.2) is 8.32 Å². The van der Waals surface area contributed by atoms with Gasteiger partial charge in [0.05, 0.1) is 31.7 Å². The monoisotopic (exact) mass is 654 g/mol. The maximum atomic E-state index is 13.9. The van der Waals surface area contributed by atoms with E-state index in [4.69, 9.17) is 10.2 Å². The smallest absolute Gasteiger partial charge is 0.246 e. The van der Waals surface area contributed by atoms with E-state index in [0.29, 0.717) is 13.0 Å². The van der Waals surface area contributed by atoms with Gasteiger partial charge in [-0.05, 0) is 44.1 Å². The molecule has 0 saturated carbocycles. The number of nitrogens with zero attached hydrogens (tertiary/aromatic N) is 2. The number of nitrogens with two attached hydrogens (primary N) is 1. The molecule has 4 aliphatic heterocycles. The molecule has 0 bridgehead atoms. The van der Waals surface area contributed by atoms with E-state index in [1.807, 2.05) is 4.90 Å². The Bertz CT molecular complexity index is 1220. The minimum Gasteiger partial charge on any atom is -0.415 e. The average molecular weight is 655 g/mol. The largest absolute Gasteiger partial charge is 0.415 e. The normalized spacial score (nSPS) is 33.9. The minimum atomic E-state index is -2.18. The number of hydrogen-bond acceptors (Lipinski definition) is 9. The lowest BCUT2D eigenvalue weighted by Gasteiger charge is -2.36. The first-order valence-electron chi connectivity index (χ1n) is 15.1. The predicted octanol–water partition coefficient (Wildman–Crippen LogP) is -2.34. The van der Waals surface area contributed by atoms with Crippen LogP contribution in [0.5, 0.6) is 0 Å². The number of carbonyl (C=O) groups excluding carboxylic acids is 6. The molecule has 246 valence electrons. The summed E-state index contributed by atoms with van der Waals surface area (Å²) in [7, 11) is 0.244. The molecule has 0 aliphatic carbocycles. The lowest BCUT2D eigenvalue weighted by atomic mass is 10.1. The van der Waals surface area contributed by atoms with Gasteiger partial charge in [-0.25, -0.2) is 0 Å².